The van der Waals surface area contributed by atoms with Crippen LogP contribution in [0.25, 0.3) is 0 Å². The molecule has 1 aliphatic rings. The zero-order valence-electron chi connectivity index (χ0n) is 22.3. The number of rotatable bonds is 7. The minimum absolute atomic E-state index is 0.0343. The van der Waals surface area contributed by atoms with Gasteiger partial charge in [0.15, 0.2) is 0 Å². The molecule has 1 atom stereocenters. The normalized spacial score (nSPS) is 15.6. The lowest BCUT2D eigenvalue weighted by Gasteiger charge is -2.41. The number of hydrogen-bond acceptors (Lipinski definition) is 4. The molecule has 41 heavy (non-hydrogen) atoms. The summed E-state index contributed by atoms with van der Waals surface area (Å²) in [5.74, 6) is -0.868. The molecule has 0 bridgehead atoms. The molecular formula is C31H28Cl2FN3O3S. The molecule has 1 fully saturated rings. The summed E-state index contributed by atoms with van der Waals surface area (Å²) in [6, 6.07) is 26.8. The van der Waals surface area contributed by atoms with Crippen molar-refractivity contribution in [2.45, 2.75) is 24.4 Å². The van der Waals surface area contributed by atoms with Crippen LogP contribution in [0.1, 0.15) is 22.8 Å². The summed E-state index contributed by atoms with van der Waals surface area (Å²) in [7, 11) is -4.07. The van der Waals surface area contributed by atoms with Crippen LogP contribution in [-0.4, -0.2) is 44.9 Å². The van der Waals surface area contributed by atoms with Crippen molar-refractivity contribution in [1.82, 2.24) is 4.90 Å². The summed E-state index contributed by atoms with van der Waals surface area (Å²) >= 11 is 12.3. The van der Waals surface area contributed by atoms with E-state index in [2.05, 4.69) is 0 Å². The van der Waals surface area contributed by atoms with Crippen molar-refractivity contribution in [1.29, 1.82) is 0 Å². The highest BCUT2D eigenvalue weighted by molar-refractivity contribution is 7.92. The van der Waals surface area contributed by atoms with Crippen LogP contribution in [-0.2, 0) is 16.6 Å². The number of carbonyl (C=O) groups excluding carboxylic acids is 1. The number of amides is 1. The van der Waals surface area contributed by atoms with E-state index in [1.807, 2.05) is 48.2 Å². The molecule has 0 spiro atoms. The molecule has 10 heteroatoms. The van der Waals surface area contributed by atoms with Gasteiger partial charge in [-0.05, 0) is 61.0 Å². The van der Waals surface area contributed by atoms with Crippen molar-refractivity contribution in [3.63, 3.8) is 0 Å². The number of piperazine rings is 1. The predicted octanol–water partition coefficient (Wildman–Crippen LogP) is 6.88. The van der Waals surface area contributed by atoms with E-state index < -0.39 is 15.8 Å². The third kappa shape index (κ3) is 6.20. The van der Waals surface area contributed by atoms with E-state index in [1.165, 1.54) is 34.6 Å². The van der Waals surface area contributed by atoms with Gasteiger partial charge in [0.1, 0.15) is 5.82 Å². The fraction of sp³-hybridized carbons (Fsp3) is 0.194. The van der Waals surface area contributed by atoms with Gasteiger partial charge in [-0.3, -0.25) is 9.10 Å². The summed E-state index contributed by atoms with van der Waals surface area (Å²) in [5, 5.41) is 0.215. The molecular weight excluding hydrogens is 584 g/mol. The molecule has 0 radical (unpaired) electrons. The Morgan fingerprint density at radius 2 is 1.56 bits per heavy atom. The lowest BCUT2D eigenvalue weighted by atomic mass is 10.1. The van der Waals surface area contributed by atoms with Crippen LogP contribution in [0.15, 0.2) is 102 Å². The molecule has 1 amide bonds. The van der Waals surface area contributed by atoms with Gasteiger partial charge in [0, 0.05) is 31.4 Å². The maximum atomic E-state index is 14.0. The summed E-state index contributed by atoms with van der Waals surface area (Å²) in [5.41, 5.74) is 2.11. The van der Waals surface area contributed by atoms with Gasteiger partial charge in [-0.1, -0.05) is 71.7 Å². The molecule has 6 nitrogen and oxygen atoms in total. The first-order valence-electron chi connectivity index (χ1n) is 13.1. The fourth-order valence-electron chi connectivity index (χ4n) is 4.94. The highest BCUT2D eigenvalue weighted by Crippen LogP contribution is 2.30. The molecule has 0 N–H and O–H groups in total. The van der Waals surface area contributed by atoms with Crippen molar-refractivity contribution >= 4 is 50.5 Å². The lowest BCUT2D eigenvalue weighted by Crippen LogP contribution is -2.54. The van der Waals surface area contributed by atoms with Gasteiger partial charge in [-0.25, -0.2) is 12.8 Å². The monoisotopic (exact) mass is 611 g/mol. The number of para-hydroxylation sites is 1. The summed E-state index contributed by atoms with van der Waals surface area (Å²) in [6.07, 6.45) is 0. The third-order valence-corrected chi connectivity index (χ3v) is 9.53. The topological polar surface area (TPSA) is 60.9 Å². The number of carbonyl (C=O) groups is 1. The molecule has 1 saturated heterocycles. The number of hydrogen-bond donors (Lipinski definition) is 0. The van der Waals surface area contributed by atoms with E-state index in [0.717, 1.165) is 5.56 Å². The van der Waals surface area contributed by atoms with Gasteiger partial charge in [0.05, 0.1) is 32.7 Å². The summed E-state index contributed by atoms with van der Waals surface area (Å²) < 4.78 is 43.4. The number of benzene rings is 4. The highest BCUT2D eigenvalue weighted by Gasteiger charge is 2.32. The molecule has 0 saturated carbocycles. The van der Waals surface area contributed by atoms with Crippen molar-refractivity contribution in [3.8, 4) is 0 Å². The third-order valence-electron chi connectivity index (χ3n) is 7.13. The smallest absolute Gasteiger partial charge is 0.264 e. The molecule has 5 rings (SSSR count). The second-order valence-electron chi connectivity index (χ2n) is 9.87. The molecule has 1 unspecified atom stereocenters. The standard InChI is InChI=1S/C31H28Cl2FN3O3S/c1-22-20-35(25-12-14-29(33)30(34)18-25)16-17-36(22)31(38)27-19-26(13-15-28(27)32)41(39,40)37(24-10-6-3-7-11-24)21-23-8-4-2-5-9-23/h2-15,18-19,22H,16-17,20-21H2,1H3. The summed E-state index contributed by atoms with van der Waals surface area (Å²) in [6.45, 7) is 3.28. The zero-order chi connectivity index (χ0) is 29.1. The van der Waals surface area contributed by atoms with Gasteiger partial charge in [-0.15, -0.1) is 0 Å². The van der Waals surface area contributed by atoms with Crippen molar-refractivity contribution in [2.75, 3.05) is 28.8 Å². The first kappa shape index (κ1) is 28.9. The Kier molecular flexibility index (Phi) is 8.54. The molecule has 1 heterocycles. The molecule has 0 aromatic heterocycles. The van der Waals surface area contributed by atoms with Crippen LogP contribution in [0.2, 0.25) is 10.0 Å². The van der Waals surface area contributed by atoms with Gasteiger partial charge in [-0.2, -0.15) is 0 Å². The average molecular weight is 613 g/mol. The average Bonchev–Trinajstić information content (AvgIpc) is 2.98. The number of nitrogens with zero attached hydrogens (tertiary/aromatic N) is 3. The highest BCUT2D eigenvalue weighted by atomic mass is 35.5. The van der Waals surface area contributed by atoms with Crippen LogP contribution in [0, 0.1) is 5.82 Å². The minimum Gasteiger partial charge on any atom is -0.368 e. The lowest BCUT2D eigenvalue weighted by molar-refractivity contribution is 0.0674. The zero-order valence-corrected chi connectivity index (χ0v) is 24.6. The SMILES string of the molecule is CC1CN(c2ccc(Cl)c(F)c2)CCN1C(=O)c1cc(S(=O)(=O)N(Cc2ccccc2)c2ccccc2)ccc1Cl. The van der Waals surface area contributed by atoms with E-state index in [1.54, 1.807) is 35.2 Å². The van der Waals surface area contributed by atoms with Crippen LogP contribution >= 0.6 is 23.2 Å². The first-order chi connectivity index (χ1) is 19.6. The number of anilines is 2. The number of halogens is 3. The molecule has 0 aliphatic carbocycles. The maximum Gasteiger partial charge on any atom is 0.264 e. The predicted molar refractivity (Wildman–Crippen MR) is 162 cm³/mol. The van der Waals surface area contributed by atoms with Gasteiger partial charge in [0.2, 0.25) is 0 Å². The first-order valence-corrected chi connectivity index (χ1v) is 15.3. The quantitative estimate of drug-likeness (QED) is 0.228. The van der Waals surface area contributed by atoms with Crippen LogP contribution in [0.4, 0.5) is 15.8 Å². The second-order valence-corrected chi connectivity index (χ2v) is 12.5. The minimum atomic E-state index is -4.07. The Morgan fingerprint density at radius 3 is 2.22 bits per heavy atom. The maximum absolute atomic E-state index is 14.0. The molecule has 1 aliphatic heterocycles. The largest absolute Gasteiger partial charge is 0.368 e. The Bertz CT molecular complexity index is 1660. The summed E-state index contributed by atoms with van der Waals surface area (Å²) in [4.78, 5) is 17.3. The Labute approximate surface area is 249 Å². The van der Waals surface area contributed by atoms with Crippen molar-refractivity contribution < 1.29 is 17.6 Å². The second kappa shape index (κ2) is 12.1. The van der Waals surface area contributed by atoms with Gasteiger partial charge >= 0.3 is 0 Å². The molecule has 212 valence electrons. The van der Waals surface area contributed by atoms with Gasteiger partial charge in [0.25, 0.3) is 15.9 Å². The Morgan fingerprint density at radius 1 is 0.902 bits per heavy atom. The van der Waals surface area contributed by atoms with E-state index in [4.69, 9.17) is 23.2 Å². The molecule has 4 aromatic carbocycles. The van der Waals surface area contributed by atoms with E-state index in [0.29, 0.717) is 31.0 Å². The van der Waals surface area contributed by atoms with Gasteiger partial charge < -0.3 is 9.80 Å². The van der Waals surface area contributed by atoms with Crippen molar-refractivity contribution in [3.05, 3.63) is 124 Å². The Hall–Kier alpha value is -3.59. The van der Waals surface area contributed by atoms with Crippen LogP contribution in [0.5, 0.6) is 0 Å². The van der Waals surface area contributed by atoms with Crippen LogP contribution in [0.3, 0.4) is 0 Å². The fourth-order valence-corrected chi connectivity index (χ4v) is 6.74. The van der Waals surface area contributed by atoms with Crippen molar-refractivity contribution in [2.24, 2.45) is 0 Å². The molecule has 4 aromatic rings. The van der Waals surface area contributed by atoms with Crippen LogP contribution < -0.4 is 9.21 Å². The van der Waals surface area contributed by atoms with E-state index in [-0.39, 0.29) is 39.0 Å². The number of sulfonamides is 1. The Balaban J connectivity index is 1.42. The van der Waals surface area contributed by atoms with E-state index >= 15 is 0 Å². The van der Waals surface area contributed by atoms with E-state index in [9.17, 15) is 17.6 Å².